The number of hydrogen-bond donors (Lipinski definition) is 0. The van der Waals surface area contributed by atoms with E-state index < -0.39 is 11.9 Å². The molecule has 144 valence electrons. The second-order valence-electron chi connectivity index (χ2n) is 6.47. The van der Waals surface area contributed by atoms with Crippen LogP contribution >= 0.6 is 0 Å². The number of carbonyl (C=O) groups is 3. The zero-order valence-electron chi connectivity index (χ0n) is 16.4. The lowest BCUT2D eigenvalue weighted by atomic mass is 10.0. The van der Waals surface area contributed by atoms with Crippen LogP contribution in [-0.4, -0.2) is 35.5 Å². The van der Waals surface area contributed by atoms with Crippen LogP contribution in [0.3, 0.4) is 0 Å². The van der Waals surface area contributed by atoms with E-state index in [9.17, 15) is 14.4 Å². The van der Waals surface area contributed by atoms with Crippen molar-refractivity contribution in [1.29, 1.82) is 0 Å². The molecule has 0 saturated carbocycles. The number of aromatic nitrogens is 1. The van der Waals surface area contributed by atoms with E-state index in [1.54, 1.807) is 43.5 Å². The van der Waals surface area contributed by atoms with Crippen LogP contribution in [0.25, 0.3) is 0 Å². The van der Waals surface area contributed by atoms with Crippen LogP contribution in [-0.2, 0) is 20.8 Å². The molecule has 1 heterocycles. The van der Waals surface area contributed by atoms with Crippen molar-refractivity contribution in [2.24, 2.45) is 0 Å². The first-order chi connectivity index (χ1) is 12.7. The van der Waals surface area contributed by atoms with Crippen molar-refractivity contribution >= 4 is 17.7 Å². The maximum Gasteiger partial charge on any atom is 0.339 e. The average Bonchev–Trinajstić information content (AvgIpc) is 2.90. The second-order valence-corrected chi connectivity index (χ2v) is 6.47. The van der Waals surface area contributed by atoms with Crippen molar-refractivity contribution in [1.82, 2.24) is 4.57 Å². The summed E-state index contributed by atoms with van der Waals surface area (Å²) in [5.41, 5.74) is 4.42. The SMILES string of the molecule is CCOC(=O)c1cc(C)n(CC(=O)OCC(=O)c2ccc(C)c(C)c2)c1C. The summed E-state index contributed by atoms with van der Waals surface area (Å²) in [5.74, 6) is -1.21. The molecule has 1 aromatic heterocycles. The van der Waals surface area contributed by atoms with Gasteiger partial charge in [-0.15, -0.1) is 0 Å². The molecule has 0 aliphatic heterocycles. The van der Waals surface area contributed by atoms with Crippen LogP contribution in [0.5, 0.6) is 0 Å². The predicted octanol–water partition coefficient (Wildman–Crippen LogP) is 3.32. The number of esters is 2. The van der Waals surface area contributed by atoms with Crippen LogP contribution in [0.2, 0.25) is 0 Å². The van der Waals surface area contributed by atoms with E-state index in [2.05, 4.69) is 0 Å². The molecule has 6 nitrogen and oxygen atoms in total. The van der Waals surface area contributed by atoms with Gasteiger partial charge >= 0.3 is 11.9 Å². The highest BCUT2D eigenvalue weighted by molar-refractivity contribution is 5.98. The maximum atomic E-state index is 12.2. The van der Waals surface area contributed by atoms with Gasteiger partial charge in [0.2, 0.25) is 0 Å². The lowest BCUT2D eigenvalue weighted by Crippen LogP contribution is -2.20. The third kappa shape index (κ3) is 4.84. The molecule has 0 fully saturated rings. The molecular weight excluding hydrogens is 346 g/mol. The van der Waals surface area contributed by atoms with Crippen molar-refractivity contribution in [2.75, 3.05) is 13.2 Å². The van der Waals surface area contributed by atoms with Gasteiger partial charge in [-0.25, -0.2) is 4.79 Å². The Balaban J connectivity index is 2.00. The van der Waals surface area contributed by atoms with E-state index in [-0.39, 0.29) is 25.5 Å². The molecule has 2 aromatic rings. The highest BCUT2D eigenvalue weighted by atomic mass is 16.5. The lowest BCUT2D eigenvalue weighted by Gasteiger charge is -2.10. The van der Waals surface area contributed by atoms with Gasteiger partial charge in [0.25, 0.3) is 0 Å². The number of hydrogen-bond acceptors (Lipinski definition) is 5. The van der Waals surface area contributed by atoms with E-state index in [0.29, 0.717) is 16.8 Å². The van der Waals surface area contributed by atoms with E-state index in [4.69, 9.17) is 9.47 Å². The van der Waals surface area contributed by atoms with Crippen LogP contribution < -0.4 is 0 Å². The van der Waals surface area contributed by atoms with Gasteiger partial charge in [-0.3, -0.25) is 9.59 Å². The summed E-state index contributed by atoms with van der Waals surface area (Å²) < 4.78 is 11.8. The predicted molar refractivity (Wildman–Crippen MR) is 101 cm³/mol. The number of carbonyl (C=O) groups excluding carboxylic acids is 3. The summed E-state index contributed by atoms with van der Waals surface area (Å²) in [5, 5.41) is 0. The maximum absolute atomic E-state index is 12.2. The molecular formula is C21H25NO5. The Morgan fingerprint density at radius 3 is 2.30 bits per heavy atom. The van der Waals surface area contributed by atoms with Crippen molar-refractivity contribution in [3.8, 4) is 0 Å². The Morgan fingerprint density at radius 1 is 0.963 bits per heavy atom. The second kappa shape index (κ2) is 8.66. The molecule has 0 aliphatic rings. The zero-order valence-corrected chi connectivity index (χ0v) is 16.4. The fraction of sp³-hybridized carbons (Fsp3) is 0.381. The Morgan fingerprint density at radius 2 is 1.67 bits per heavy atom. The molecule has 0 unspecified atom stereocenters. The molecule has 0 aliphatic carbocycles. The minimum absolute atomic E-state index is 0.0721. The Kier molecular flexibility index (Phi) is 6.55. The number of rotatable bonds is 7. The summed E-state index contributed by atoms with van der Waals surface area (Å²) >= 11 is 0. The molecule has 2 rings (SSSR count). The average molecular weight is 371 g/mol. The van der Waals surface area contributed by atoms with Crippen LogP contribution in [0.4, 0.5) is 0 Å². The fourth-order valence-electron chi connectivity index (χ4n) is 2.78. The highest BCUT2D eigenvalue weighted by Gasteiger charge is 2.19. The molecule has 0 bridgehead atoms. The lowest BCUT2D eigenvalue weighted by molar-refractivity contribution is -0.143. The van der Waals surface area contributed by atoms with Gasteiger partial charge in [0.05, 0.1) is 12.2 Å². The summed E-state index contributed by atoms with van der Waals surface area (Å²) in [7, 11) is 0. The van der Waals surface area contributed by atoms with Crippen molar-refractivity contribution < 1.29 is 23.9 Å². The number of aryl methyl sites for hydroxylation is 3. The number of Topliss-reactive ketones (excluding diaryl/α,β-unsaturated/α-hetero) is 1. The van der Waals surface area contributed by atoms with Crippen molar-refractivity contribution in [3.05, 3.63) is 57.9 Å². The quantitative estimate of drug-likeness (QED) is 0.551. The summed E-state index contributed by atoms with van der Waals surface area (Å²) in [4.78, 5) is 36.3. The van der Waals surface area contributed by atoms with E-state index in [1.807, 2.05) is 19.9 Å². The smallest absolute Gasteiger partial charge is 0.339 e. The minimum Gasteiger partial charge on any atom is -0.462 e. The molecule has 27 heavy (non-hydrogen) atoms. The van der Waals surface area contributed by atoms with Gasteiger partial charge in [0.1, 0.15) is 6.54 Å². The van der Waals surface area contributed by atoms with Gasteiger partial charge in [-0.2, -0.15) is 0 Å². The zero-order chi connectivity index (χ0) is 20.1. The van der Waals surface area contributed by atoms with Crippen molar-refractivity contribution in [2.45, 2.75) is 41.2 Å². The van der Waals surface area contributed by atoms with Crippen LogP contribution in [0.1, 0.15) is 50.2 Å². The fourth-order valence-corrected chi connectivity index (χ4v) is 2.78. The molecule has 0 N–H and O–H groups in total. The standard InChI is InChI=1S/C21H25NO5/c1-6-26-21(25)18-10-15(4)22(16(18)5)11-20(24)27-12-19(23)17-8-7-13(2)14(3)9-17/h7-10H,6,11-12H2,1-5H3. The summed E-state index contributed by atoms with van der Waals surface area (Å²) in [6.45, 7) is 9.07. The van der Waals surface area contributed by atoms with Crippen LogP contribution in [0, 0.1) is 27.7 Å². The molecule has 0 amide bonds. The summed E-state index contributed by atoms with van der Waals surface area (Å²) in [6.07, 6.45) is 0. The first-order valence-corrected chi connectivity index (χ1v) is 8.84. The first-order valence-electron chi connectivity index (χ1n) is 8.84. The molecule has 6 heteroatoms. The Labute approximate surface area is 159 Å². The highest BCUT2D eigenvalue weighted by Crippen LogP contribution is 2.16. The van der Waals surface area contributed by atoms with E-state index in [0.717, 1.165) is 16.8 Å². The third-order valence-electron chi connectivity index (χ3n) is 4.55. The van der Waals surface area contributed by atoms with Gasteiger partial charge in [0, 0.05) is 17.0 Å². The van der Waals surface area contributed by atoms with Crippen molar-refractivity contribution in [3.63, 3.8) is 0 Å². The molecule has 0 saturated heterocycles. The van der Waals surface area contributed by atoms with Gasteiger partial charge in [-0.05, 0) is 57.9 Å². The number of ketones is 1. The molecule has 0 atom stereocenters. The van der Waals surface area contributed by atoms with E-state index in [1.165, 1.54) is 0 Å². The number of benzene rings is 1. The Hall–Kier alpha value is -2.89. The van der Waals surface area contributed by atoms with E-state index >= 15 is 0 Å². The Bertz CT molecular complexity index is 879. The number of ether oxygens (including phenoxy) is 2. The normalized spacial score (nSPS) is 10.6. The topological polar surface area (TPSA) is 74.6 Å². The van der Waals surface area contributed by atoms with Crippen LogP contribution in [0.15, 0.2) is 24.3 Å². The summed E-state index contributed by atoms with van der Waals surface area (Å²) in [6, 6.07) is 7.07. The van der Waals surface area contributed by atoms with Gasteiger partial charge in [0.15, 0.2) is 12.4 Å². The molecule has 0 spiro atoms. The number of nitrogens with zero attached hydrogens (tertiary/aromatic N) is 1. The molecule has 0 radical (unpaired) electrons. The minimum atomic E-state index is -0.538. The monoisotopic (exact) mass is 371 g/mol. The largest absolute Gasteiger partial charge is 0.462 e. The van der Waals surface area contributed by atoms with Gasteiger partial charge < -0.3 is 14.0 Å². The third-order valence-corrected chi connectivity index (χ3v) is 4.55. The molecule has 1 aromatic carbocycles. The first kappa shape index (κ1) is 20.4. The van der Waals surface area contributed by atoms with Gasteiger partial charge in [-0.1, -0.05) is 12.1 Å².